The molecule has 1 aromatic rings. The average Bonchev–Trinajstić information content (AvgIpc) is 3.47. The summed E-state index contributed by atoms with van der Waals surface area (Å²) in [6.45, 7) is 4.58. The summed E-state index contributed by atoms with van der Waals surface area (Å²) in [5, 5.41) is 3.53. The second-order valence-electron chi connectivity index (χ2n) is 8.38. The Labute approximate surface area is 191 Å². The predicted octanol–water partition coefficient (Wildman–Crippen LogP) is 3.82. The number of hydrogen-bond donors (Lipinski definition) is 1. The van der Waals surface area contributed by atoms with Crippen molar-refractivity contribution in [3.63, 3.8) is 0 Å². The van der Waals surface area contributed by atoms with Crippen molar-refractivity contribution in [1.29, 1.82) is 0 Å². The van der Waals surface area contributed by atoms with E-state index in [1.54, 1.807) is 7.11 Å². The van der Waals surface area contributed by atoms with Crippen LogP contribution in [0.2, 0.25) is 0 Å². The molecule has 162 valence electrons. The molecule has 4 rings (SSSR count). The van der Waals surface area contributed by atoms with Crippen molar-refractivity contribution in [1.82, 2.24) is 10.2 Å². The number of ether oxygens (including phenoxy) is 3. The van der Waals surface area contributed by atoms with E-state index in [-0.39, 0.29) is 24.0 Å². The number of guanidine groups is 1. The largest absolute Gasteiger partial charge is 0.493 e. The van der Waals surface area contributed by atoms with Gasteiger partial charge in [-0.15, -0.1) is 24.0 Å². The first-order chi connectivity index (χ1) is 13.7. The van der Waals surface area contributed by atoms with Crippen molar-refractivity contribution in [3.8, 4) is 11.5 Å². The second kappa shape index (κ2) is 10.2. The number of halogens is 1. The summed E-state index contributed by atoms with van der Waals surface area (Å²) in [7, 11) is 3.56. The summed E-state index contributed by atoms with van der Waals surface area (Å²) in [5.41, 5.74) is 1.51. The van der Waals surface area contributed by atoms with Crippen LogP contribution in [0.25, 0.3) is 0 Å². The fourth-order valence-electron chi connectivity index (χ4n) is 4.71. The number of nitrogens with zero attached hydrogens (tertiary/aromatic N) is 2. The molecule has 1 aliphatic carbocycles. The van der Waals surface area contributed by atoms with Crippen LogP contribution in [0, 0.1) is 5.41 Å². The summed E-state index contributed by atoms with van der Waals surface area (Å²) in [6, 6.07) is 6.20. The minimum absolute atomic E-state index is 0. The quantitative estimate of drug-likeness (QED) is 0.367. The minimum Gasteiger partial charge on any atom is -0.493 e. The number of aliphatic imine (C=N–C) groups is 1. The van der Waals surface area contributed by atoms with E-state index in [2.05, 4.69) is 27.3 Å². The molecule has 2 heterocycles. The number of likely N-dealkylation sites (tertiary alicyclic amines) is 1. The molecule has 0 bridgehead atoms. The first-order valence-electron chi connectivity index (χ1n) is 10.6. The minimum atomic E-state index is 0. The molecule has 0 radical (unpaired) electrons. The van der Waals surface area contributed by atoms with E-state index in [4.69, 9.17) is 14.2 Å². The average molecular weight is 515 g/mol. The van der Waals surface area contributed by atoms with Gasteiger partial charge in [0, 0.05) is 38.7 Å². The Morgan fingerprint density at radius 2 is 2.10 bits per heavy atom. The Morgan fingerprint density at radius 3 is 2.79 bits per heavy atom. The SMILES string of the molecule is CN=C(NCc1ccc(OC)c(OC2CCCC2)c1)N1CCC2(CCOC2)C1.I. The molecule has 3 fully saturated rings. The van der Waals surface area contributed by atoms with Gasteiger partial charge in [0.15, 0.2) is 17.5 Å². The van der Waals surface area contributed by atoms with Crippen LogP contribution < -0.4 is 14.8 Å². The molecule has 1 saturated carbocycles. The monoisotopic (exact) mass is 515 g/mol. The topological polar surface area (TPSA) is 55.3 Å². The van der Waals surface area contributed by atoms with Gasteiger partial charge in [-0.05, 0) is 56.2 Å². The van der Waals surface area contributed by atoms with Crippen molar-refractivity contribution >= 4 is 29.9 Å². The Balaban J connectivity index is 0.00000240. The van der Waals surface area contributed by atoms with Gasteiger partial charge in [-0.3, -0.25) is 4.99 Å². The normalized spacial score (nSPS) is 24.8. The smallest absolute Gasteiger partial charge is 0.193 e. The molecule has 1 atom stereocenters. The maximum atomic E-state index is 6.23. The van der Waals surface area contributed by atoms with Gasteiger partial charge in [0.25, 0.3) is 0 Å². The van der Waals surface area contributed by atoms with Crippen molar-refractivity contribution in [2.24, 2.45) is 10.4 Å². The highest BCUT2D eigenvalue weighted by molar-refractivity contribution is 14.0. The Hall–Kier alpha value is -1.22. The zero-order chi connectivity index (χ0) is 19.4. The fourth-order valence-corrected chi connectivity index (χ4v) is 4.71. The lowest BCUT2D eigenvalue weighted by Gasteiger charge is -2.25. The maximum absolute atomic E-state index is 6.23. The lowest BCUT2D eigenvalue weighted by atomic mass is 9.87. The van der Waals surface area contributed by atoms with Crippen molar-refractivity contribution < 1.29 is 14.2 Å². The van der Waals surface area contributed by atoms with E-state index in [0.717, 1.165) is 63.1 Å². The highest BCUT2D eigenvalue weighted by Crippen LogP contribution is 2.38. The van der Waals surface area contributed by atoms with Crippen LogP contribution in [0.4, 0.5) is 0 Å². The zero-order valence-electron chi connectivity index (χ0n) is 17.6. The highest BCUT2D eigenvalue weighted by atomic mass is 127. The molecular formula is C22H34IN3O3. The van der Waals surface area contributed by atoms with E-state index in [1.807, 2.05) is 13.1 Å². The van der Waals surface area contributed by atoms with Crippen LogP contribution in [0.3, 0.4) is 0 Å². The van der Waals surface area contributed by atoms with Gasteiger partial charge in [0.2, 0.25) is 0 Å². The van der Waals surface area contributed by atoms with Crippen LogP contribution in [-0.4, -0.2) is 57.4 Å². The van der Waals surface area contributed by atoms with Gasteiger partial charge in [0.05, 0.1) is 19.8 Å². The molecule has 7 heteroatoms. The molecule has 1 spiro atoms. The van der Waals surface area contributed by atoms with Gasteiger partial charge in [-0.25, -0.2) is 0 Å². The summed E-state index contributed by atoms with van der Waals surface area (Å²) >= 11 is 0. The van der Waals surface area contributed by atoms with Crippen LogP contribution in [0.5, 0.6) is 11.5 Å². The van der Waals surface area contributed by atoms with Crippen molar-refractivity contribution in [3.05, 3.63) is 23.8 Å². The highest BCUT2D eigenvalue weighted by Gasteiger charge is 2.42. The zero-order valence-corrected chi connectivity index (χ0v) is 19.9. The molecule has 29 heavy (non-hydrogen) atoms. The first kappa shape index (κ1) is 22.5. The van der Waals surface area contributed by atoms with Crippen LogP contribution in [0.15, 0.2) is 23.2 Å². The molecule has 3 aliphatic rings. The number of methoxy groups -OCH3 is 1. The molecule has 2 saturated heterocycles. The lowest BCUT2D eigenvalue weighted by Crippen LogP contribution is -2.41. The molecular weight excluding hydrogens is 481 g/mol. The molecule has 6 nitrogen and oxygen atoms in total. The standard InChI is InChI=1S/C22H33N3O3.HI/c1-23-21(25-11-9-22(15-25)10-12-27-16-22)24-14-17-7-8-19(26-2)20(13-17)28-18-5-3-4-6-18;/h7-8,13,18H,3-6,9-12,14-16H2,1-2H3,(H,23,24);1H. The van der Waals surface area contributed by atoms with Crippen LogP contribution >= 0.6 is 24.0 Å². The third-order valence-corrected chi connectivity index (χ3v) is 6.41. The summed E-state index contributed by atoms with van der Waals surface area (Å²) < 4.78 is 17.4. The summed E-state index contributed by atoms with van der Waals surface area (Å²) in [6.07, 6.45) is 7.47. The van der Waals surface area contributed by atoms with Crippen molar-refractivity contribution in [2.75, 3.05) is 40.5 Å². The van der Waals surface area contributed by atoms with E-state index in [1.165, 1.54) is 31.2 Å². The number of hydrogen-bond acceptors (Lipinski definition) is 4. The third-order valence-electron chi connectivity index (χ3n) is 6.41. The first-order valence-corrected chi connectivity index (χ1v) is 10.6. The van der Waals surface area contributed by atoms with E-state index >= 15 is 0 Å². The van der Waals surface area contributed by atoms with Gasteiger partial charge >= 0.3 is 0 Å². The molecule has 1 N–H and O–H groups in total. The maximum Gasteiger partial charge on any atom is 0.193 e. The molecule has 1 aromatic carbocycles. The van der Waals surface area contributed by atoms with Gasteiger partial charge in [-0.2, -0.15) is 0 Å². The summed E-state index contributed by atoms with van der Waals surface area (Å²) in [5.74, 6) is 2.63. The number of rotatable bonds is 5. The van der Waals surface area contributed by atoms with E-state index < -0.39 is 0 Å². The van der Waals surface area contributed by atoms with Gasteiger partial charge in [-0.1, -0.05) is 6.07 Å². The Kier molecular flexibility index (Phi) is 7.90. The van der Waals surface area contributed by atoms with E-state index in [0.29, 0.717) is 11.5 Å². The summed E-state index contributed by atoms with van der Waals surface area (Å²) in [4.78, 5) is 6.88. The Bertz CT molecular complexity index is 701. The van der Waals surface area contributed by atoms with Crippen LogP contribution in [0.1, 0.15) is 44.1 Å². The second-order valence-corrected chi connectivity index (χ2v) is 8.38. The number of nitrogens with one attached hydrogen (secondary N) is 1. The fraction of sp³-hybridized carbons (Fsp3) is 0.682. The molecule has 0 amide bonds. The van der Waals surface area contributed by atoms with Crippen LogP contribution in [-0.2, 0) is 11.3 Å². The predicted molar refractivity (Wildman–Crippen MR) is 126 cm³/mol. The molecule has 0 aromatic heterocycles. The molecule has 2 aliphatic heterocycles. The number of benzene rings is 1. The Morgan fingerprint density at radius 1 is 1.28 bits per heavy atom. The van der Waals surface area contributed by atoms with Gasteiger partial charge < -0.3 is 24.4 Å². The van der Waals surface area contributed by atoms with Gasteiger partial charge in [0.1, 0.15) is 0 Å². The third kappa shape index (κ3) is 5.29. The molecule has 1 unspecified atom stereocenters. The van der Waals surface area contributed by atoms with E-state index in [9.17, 15) is 0 Å². The van der Waals surface area contributed by atoms with Crippen molar-refractivity contribution in [2.45, 2.75) is 51.2 Å². The lowest BCUT2D eigenvalue weighted by molar-refractivity contribution is 0.156.